The zero-order valence-corrected chi connectivity index (χ0v) is 18.0. The maximum Gasteiger partial charge on any atom is 0.260 e. The van der Waals surface area contributed by atoms with E-state index >= 15 is 0 Å². The number of halogens is 1. The minimum Gasteiger partial charge on any atom is -0.472 e. The van der Waals surface area contributed by atoms with Crippen LogP contribution >= 0.6 is 0 Å². The summed E-state index contributed by atoms with van der Waals surface area (Å²) in [6.45, 7) is 8.19. The van der Waals surface area contributed by atoms with Gasteiger partial charge >= 0.3 is 0 Å². The highest BCUT2D eigenvalue weighted by Gasteiger charge is 2.61. The number of amides is 1. The van der Waals surface area contributed by atoms with E-state index in [1.807, 2.05) is 24.4 Å². The van der Waals surface area contributed by atoms with E-state index in [0.29, 0.717) is 23.7 Å². The molecular formula is C23H25FN4O3. The number of anilines is 1. The van der Waals surface area contributed by atoms with Crippen molar-refractivity contribution >= 4 is 17.4 Å². The first kappa shape index (κ1) is 19.9. The molecule has 1 aliphatic carbocycles. The molecule has 1 aromatic carbocycles. The fourth-order valence-corrected chi connectivity index (χ4v) is 4.75. The topological polar surface area (TPSA) is 77.8 Å². The number of benzene rings is 1. The third-order valence-corrected chi connectivity index (χ3v) is 6.10. The molecule has 3 aromatic rings. The molecule has 162 valence electrons. The summed E-state index contributed by atoms with van der Waals surface area (Å²) in [4.78, 5) is 22.0. The number of rotatable bonds is 5. The van der Waals surface area contributed by atoms with Gasteiger partial charge in [0.25, 0.3) is 11.8 Å². The number of hydrogen-bond donors (Lipinski definition) is 1. The van der Waals surface area contributed by atoms with Crippen LogP contribution in [0.25, 0.3) is 5.65 Å². The van der Waals surface area contributed by atoms with Crippen molar-refractivity contribution in [1.29, 1.82) is 0 Å². The zero-order chi connectivity index (χ0) is 22.0. The van der Waals surface area contributed by atoms with Crippen LogP contribution in [0.5, 0.6) is 5.88 Å². The van der Waals surface area contributed by atoms with E-state index in [9.17, 15) is 9.18 Å². The van der Waals surface area contributed by atoms with Gasteiger partial charge in [-0.2, -0.15) is 4.98 Å². The molecule has 1 N–H and O–H groups in total. The molecule has 1 amide bonds. The first-order valence-corrected chi connectivity index (χ1v) is 10.5. The minimum atomic E-state index is -0.568. The van der Waals surface area contributed by atoms with E-state index in [0.717, 1.165) is 18.5 Å². The van der Waals surface area contributed by atoms with Gasteiger partial charge in [-0.05, 0) is 52.2 Å². The number of aryl methyl sites for hydroxylation is 1. The fraction of sp³-hybridized carbons (Fsp3) is 0.435. The van der Waals surface area contributed by atoms with Gasteiger partial charge in [-0.1, -0.05) is 12.1 Å². The van der Waals surface area contributed by atoms with Crippen LogP contribution in [-0.4, -0.2) is 38.6 Å². The van der Waals surface area contributed by atoms with Crippen molar-refractivity contribution in [3.63, 3.8) is 0 Å². The number of ether oxygens (including phenoxy) is 2. The molecule has 2 aliphatic heterocycles. The van der Waals surface area contributed by atoms with Gasteiger partial charge in [0.1, 0.15) is 5.82 Å². The van der Waals surface area contributed by atoms with Gasteiger partial charge in [0.05, 0.1) is 35.8 Å². The lowest BCUT2D eigenvalue weighted by atomic mass is 9.62. The smallest absolute Gasteiger partial charge is 0.260 e. The number of aromatic nitrogens is 3. The van der Waals surface area contributed by atoms with Gasteiger partial charge in [-0.3, -0.25) is 9.20 Å². The highest BCUT2D eigenvalue weighted by molar-refractivity contribution is 6.04. The first-order chi connectivity index (χ1) is 14.7. The van der Waals surface area contributed by atoms with Crippen LogP contribution in [-0.2, 0) is 10.2 Å². The molecule has 2 aromatic heterocycles. The minimum absolute atomic E-state index is 0.0321. The quantitative estimate of drug-likeness (QED) is 0.669. The summed E-state index contributed by atoms with van der Waals surface area (Å²) < 4.78 is 28.0. The number of nitrogens with one attached hydrogen (secondary N) is 1. The lowest BCUT2D eigenvalue weighted by Crippen LogP contribution is -2.45. The lowest BCUT2D eigenvalue weighted by Gasteiger charge is -2.41. The Kier molecular flexibility index (Phi) is 4.34. The number of carbonyl (C=O) groups is 1. The Morgan fingerprint density at radius 1 is 1.29 bits per heavy atom. The van der Waals surface area contributed by atoms with Crippen molar-refractivity contribution in [3.8, 4) is 5.88 Å². The largest absolute Gasteiger partial charge is 0.472 e. The predicted octanol–water partition coefficient (Wildman–Crippen LogP) is 4.04. The van der Waals surface area contributed by atoms with E-state index in [1.54, 1.807) is 25.3 Å². The Balaban J connectivity index is 1.51. The van der Waals surface area contributed by atoms with Gasteiger partial charge in [0.15, 0.2) is 5.82 Å². The standard InChI is InChI=1S/C23H25FN4O3/c1-13(2)31-21-19-25-16(23-10-22(4,11-23)30-12-23)8-28(19)9-17(27-21)26-20(29)15-7-5-6-14(3)18(15)24/h5-9,13H,10-12H2,1-4H3,(H,26,29). The molecule has 7 nitrogen and oxygen atoms in total. The molecule has 3 aliphatic rings. The molecule has 8 heteroatoms. The maximum atomic E-state index is 14.4. The van der Waals surface area contributed by atoms with Crippen molar-refractivity contribution in [1.82, 2.24) is 14.4 Å². The van der Waals surface area contributed by atoms with E-state index in [-0.39, 0.29) is 28.5 Å². The van der Waals surface area contributed by atoms with Gasteiger partial charge < -0.3 is 14.8 Å². The van der Waals surface area contributed by atoms with Crippen LogP contribution in [0, 0.1) is 12.7 Å². The molecule has 0 unspecified atom stereocenters. The Bertz CT molecular complexity index is 1200. The van der Waals surface area contributed by atoms with Crippen molar-refractivity contribution in [2.45, 2.75) is 57.7 Å². The molecule has 2 bridgehead atoms. The fourth-order valence-electron chi connectivity index (χ4n) is 4.75. The molecule has 1 saturated carbocycles. The van der Waals surface area contributed by atoms with Crippen LogP contribution in [0.15, 0.2) is 30.6 Å². The highest BCUT2D eigenvalue weighted by atomic mass is 19.1. The Morgan fingerprint density at radius 2 is 2.06 bits per heavy atom. The highest BCUT2D eigenvalue weighted by Crippen LogP contribution is 2.58. The first-order valence-electron chi connectivity index (χ1n) is 10.5. The molecule has 4 heterocycles. The SMILES string of the molecule is Cc1cccc(C(=O)Nc2cn3cc(C45COC(C)(C4)C5)nc3c(OC(C)C)n2)c1F. The Hall–Kier alpha value is -3.00. The van der Waals surface area contributed by atoms with E-state index < -0.39 is 11.7 Å². The number of imidazole rings is 1. The Labute approximate surface area is 179 Å². The Morgan fingerprint density at radius 3 is 2.74 bits per heavy atom. The molecule has 0 atom stereocenters. The number of fused-ring (bicyclic) bond motifs is 2. The monoisotopic (exact) mass is 424 g/mol. The lowest BCUT2D eigenvalue weighted by molar-refractivity contribution is 0.0154. The molecule has 3 fully saturated rings. The average Bonchev–Trinajstić information content (AvgIpc) is 3.34. The number of hydrogen-bond acceptors (Lipinski definition) is 5. The summed E-state index contributed by atoms with van der Waals surface area (Å²) in [6, 6.07) is 4.72. The van der Waals surface area contributed by atoms with Crippen LogP contribution in [0.1, 0.15) is 55.2 Å². The number of carbonyl (C=O) groups excluding carboxylic acids is 1. The summed E-state index contributed by atoms with van der Waals surface area (Å²) >= 11 is 0. The second-order valence-electron chi connectivity index (χ2n) is 9.22. The van der Waals surface area contributed by atoms with E-state index in [1.165, 1.54) is 6.07 Å². The number of nitrogens with zero attached hydrogens (tertiary/aromatic N) is 3. The molecule has 0 spiro atoms. The summed E-state index contributed by atoms with van der Waals surface area (Å²) in [5.74, 6) is -0.530. The molecule has 2 saturated heterocycles. The van der Waals surface area contributed by atoms with Crippen LogP contribution < -0.4 is 10.1 Å². The molecule has 31 heavy (non-hydrogen) atoms. The van der Waals surface area contributed by atoms with Crippen molar-refractivity contribution in [2.24, 2.45) is 0 Å². The summed E-state index contributed by atoms with van der Waals surface area (Å²) in [7, 11) is 0. The average molecular weight is 424 g/mol. The second-order valence-corrected chi connectivity index (χ2v) is 9.22. The molecule has 6 rings (SSSR count). The molecule has 0 radical (unpaired) electrons. The van der Waals surface area contributed by atoms with Crippen LogP contribution in [0.4, 0.5) is 10.2 Å². The van der Waals surface area contributed by atoms with E-state index in [4.69, 9.17) is 14.5 Å². The summed E-state index contributed by atoms with van der Waals surface area (Å²) in [6.07, 6.45) is 5.37. The normalized spacial score (nSPS) is 24.5. The van der Waals surface area contributed by atoms with Gasteiger partial charge in [-0.15, -0.1) is 0 Å². The van der Waals surface area contributed by atoms with Gasteiger partial charge in [0.2, 0.25) is 5.65 Å². The van der Waals surface area contributed by atoms with Gasteiger partial charge in [0, 0.05) is 11.6 Å². The van der Waals surface area contributed by atoms with Crippen LogP contribution in [0.2, 0.25) is 0 Å². The third-order valence-electron chi connectivity index (χ3n) is 6.10. The van der Waals surface area contributed by atoms with E-state index in [2.05, 4.69) is 17.2 Å². The zero-order valence-electron chi connectivity index (χ0n) is 18.0. The van der Waals surface area contributed by atoms with Crippen LogP contribution in [0.3, 0.4) is 0 Å². The maximum absolute atomic E-state index is 14.4. The third kappa shape index (κ3) is 3.26. The predicted molar refractivity (Wildman–Crippen MR) is 113 cm³/mol. The van der Waals surface area contributed by atoms with Crippen molar-refractivity contribution in [2.75, 3.05) is 11.9 Å². The van der Waals surface area contributed by atoms with Crippen molar-refractivity contribution in [3.05, 3.63) is 53.2 Å². The van der Waals surface area contributed by atoms with Crippen molar-refractivity contribution < 1.29 is 18.7 Å². The van der Waals surface area contributed by atoms with Gasteiger partial charge in [-0.25, -0.2) is 9.37 Å². The summed E-state index contributed by atoms with van der Waals surface area (Å²) in [5, 5.41) is 2.69. The molecular weight excluding hydrogens is 399 g/mol. The second kappa shape index (κ2) is 6.75. The summed E-state index contributed by atoms with van der Waals surface area (Å²) in [5.41, 5.74) is 1.76.